The quantitative estimate of drug-likeness (QED) is 0.437. The number of hydrazine groups is 1. The Labute approximate surface area is 127 Å². The van der Waals surface area contributed by atoms with Crippen LogP contribution < -0.4 is 11.3 Å². The summed E-state index contributed by atoms with van der Waals surface area (Å²) in [6, 6.07) is 21.8. The molecule has 0 unspecified atom stereocenters. The summed E-state index contributed by atoms with van der Waals surface area (Å²) >= 11 is 1.58. The number of nitrogens with zero attached hydrogens (tertiary/aromatic N) is 2. The second kappa shape index (κ2) is 6.39. The van der Waals surface area contributed by atoms with Crippen molar-refractivity contribution in [3.63, 3.8) is 0 Å². The van der Waals surface area contributed by atoms with E-state index >= 15 is 0 Å². The molecule has 0 aliphatic rings. The summed E-state index contributed by atoms with van der Waals surface area (Å²) in [7, 11) is 0. The van der Waals surface area contributed by atoms with Gasteiger partial charge in [0, 0.05) is 16.5 Å². The number of anilines is 1. The van der Waals surface area contributed by atoms with Gasteiger partial charge in [-0.15, -0.1) is 0 Å². The second-order valence-corrected chi connectivity index (χ2v) is 5.43. The van der Waals surface area contributed by atoms with Gasteiger partial charge in [0.05, 0.1) is 0 Å². The first-order chi connectivity index (χ1) is 10.3. The number of nitrogens with one attached hydrogen (secondary N) is 1. The van der Waals surface area contributed by atoms with Crippen LogP contribution in [0.5, 0.6) is 0 Å². The third kappa shape index (κ3) is 3.39. The van der Waals surface area contributed by atoms with Crippen LogP contribution >= 0.6 is 11.8 Å². The highest BCUT2D eigenvalue weighted by atomic mass is 32.2. The zero-order valence-electron chi connectivity index (χ0n) is 11.2. The van der Waals surface area contributed by atoms with Crippen molar-refractivity contribution in [1.82, 2.24) is 9.97 Å². The van der Waals surface area contributed by atoms with Gasteiger partial charge in [-0.3, -0.25) is 0 Å². The molecule has 1 heterocycles. The van der Waals surface area contributed by atoms with Crippen LogP contribution in [-0.4, -0.2) is 9.97 Å². The topological polar surface area (TPSA) is 63.8 Å². The molecule has 0 radical (unpaired) electrons. The molecule has 3 aromatic rings. The van der Waals surface area contributed by atoms with Crippen molar-refractivity contribution in [1.29, 1.82) is 0 Å². The molecular weight excluding hydrogens is 280 g/mol. The molecule has 0 fully saturated rings. The first-order valence-corrected chi connectivity index (χ1v) is 7.31. The lowest BCUT2D eigenvalue weighted by atomic mass is 10.2. The van der Waals surface area contributed by atoms with E-state index < -0.39 is 0 Å². The minimum Gasteiger partial charge on any atom is -0.308 e. The highest BCUT2D eigenvalue weighted by Gasteiger charge is 2.07. The fourth-order valence-electron chi connectivity index (χ4n) is 1.88. The lowest BCUT2D eigenvalue weighted by molar-refractivity contribution is 1.05. The molecule has 1 aromatic heterocycles. The SMILES string of the molecule is NNc1cc(Sc2ccccc2)nc(-c2ccccc2)n1. The summed E-state index contributed by atoms with van der Waals surface area (Å²) in [5, 5.41) is 0.850. The van der Waals surface area contributed by atoms with Gasteiger partial charge >= 0.3 is 0 Å². The van der Waals surface area contributed by atoms with Gasteiger partial charge in [-0.05, 0) is 12.1 Å². The molecule has 0 saturated carbocycles. The average Bonchev–Trinajstić information content (AvgIpc) is 2.56. The number of benzene rings is 2. The van der Waals surface area contributed by atoms with Crippen LogP contribution in [0.3, 0.4) is 0 Å². The van der Waals surface area contributed by atoms with E-state index in [2.05, 4.69) is 15.4 Å². The maximum Gasteiger partial charge on any atom is 0.162 e. The summed E-state index contributed by atoms with van der Waals surface area (Å²) in [6.07, 6.45) is 0. The van der Waals surface area contributed by atoms with E-state index in [1.54, 1.807) is 11.8 Å². The lowest BCUT2D eigenvalue weighted by Crippen LogP contribution is -2.09. The molecule has 21 heavy (non-hydrogen) atoms. The van der Waals surface area contributed by atoms with Crippen LogP contribution in [0.1, 0.15) is 0 Å². The van der Waals surface area contributed by atoms with Gasteiger partial charge in [-0.1, -0.05) is 60.3 Å². The maximum absolute atomic E-state index is 5.51. The van der Waals surface area contributed by atoms with Gasteiger partial charge < -0.3 is 5.43 Å². The Balaban J connectivity index is 1.98. The van der Waals surface area contributed by atoms with Crippen LogP contribution in [0, 0.1) is 0 Å². The van der Waals surface area contributed by atoms with Crippen LogP contribution in [0.25, 0.3) is 11.4 Å². The number of aromatic nitrogens is 2. The van der Waals surface area contributed by atoms with Gasteiger partial charge in [0.25, 0.3) is 0 Å². The molecule has 2 aromatic carbocycles. The highest BCUT2D eigenvalue weighted by Crippen LogP contribution is 2.29. The van der Waals surface area contributed by atoms with E-state index in [-0.39, 0.29) is 0 Å². The standard InChI is InChI=1S/C16H14N4S/c17-20-14-11-15(21-13-9-5-2-6-10-13)19-16(18-14)12-7-3-1-4-8-12/h1-11H,17H2,(H,18,19,20). The fourth-order valence-corrected chi connectivity index (χ4v) is 2.71. The van der Waals surface area contributed by atoms with Crippen molar-refractivity contribution in [2.24, 2.45) is 5.84 Å². The molecule has 0 atom stereocenters. The number of rotatable bonds is 4. The molecular formula is C16H14N4S. The Hall–Kier alpha value is -2.37. The molecule has 0 aliphatic heterocycles. The predicted octanol–water partition coefficient (Wildman–Crippen LogP) is 3.58. The van der Waals surface area contributed by atoms with Crippen molar-refractivity contribution in [3.05, 3.63) is 66.7 Å². The zero-order chi connectivity index (χ0) is 14.5. The van der Waals surface area contributed by atoms with Gasteiger partial charge in [0.15, 0.2) is 5.82 Å². The number of nitrogens with two attached hydrogens (primary N) is 1. The average molecular weight is 294 g/mol. The van der Waals surface area contributed by atoms with Crippen LogP contribution in [0.4, 0.5) is 5.82 Å². The normalized spacial score (nSPS) is 10.3. The molecule has 0 amide bonds. The van der Waals surface area contributed by atoms with Crippen LogP contribution in [0.2, 0.25) is 0 Å². The second-order valence-electron chi connectivity index (χ2n) is 4.34. The van der Waals surface area contributed by atoms with E-state index in [0.29, 0.717) is 11.6 Å². The van der Waals surface area contributed by atoms with Crippen molar-refractivity contribution in [2.75, 3.05) is 5.43 Å². The molecule has 0 aliphatic carbocycles. The fraction of sp³-hybridized carbons (Fsp3) is 0. The first-order valence-electron chi connectivity index (χ1n) is 6.49. The van der Waals surface area contributed by atoms with Crippen LogP contribution in [0.15, 0.2) is 76.7 Å². The van der Waals surface area contributed by atoms with E-state index in [1.165, 1.54) is 0 Å². The van der Waals surface area contributed by atoms with Gasteiger partial charge in [0.1, 0.15) is 10.8 Å². The third-order valence-electron chi connectivity index (χ3n) is 2.85. The van der Waals surface area contributed by atoms with Crippen molar-refractivity contribution in [2.45, 2.75) is 9.92 Å². The predicted molar refractivity (Wildman–Crippen MR) is 85.8 cm³/mol. The summed E-state index contributed by atoms with van der Waals surface area (Å²) in [6.45, 7) is 0. The molecule has 104 valence electrons. The largest absolute Gasteiger partial charge is 0.308 e. The monoisotopic (exact) mass is 294 g/mol. The Morgan fingerprint density at radius 1 is 0.857 bits per heavy atom. The molecule has 3 rings (SSSR count). The van der Waals surface area contributed by atoms with Crippen molar-refractivity contribution >= 4 is 17.6 Å². The van der Waals surface area contributed by atoms with E-state index in [1.807, 2.05) is 66.7 Å². The highest BCUT2D eigenvalue weighted by molar-refractivity contribution is 7.99. The molecule has 0 saturated heterocycles. The Kier molecular flexibility index (Phi) is 4.14. The lowest BCUT2D eigenvalue weighted by Gasteiger charge is -2.07. The number of hydrogen-bond acceptors (Lipinski definition) is 5. The molecule has 5 heteroatoms. The number of hydrogen-bond donors (Lipinski definition) is 2. The Bertz CT molecular complexity index is 717. The first kappa shape index (κ1) is 13.6. The Morgan fingerprint density at radius 2 is 1.52 bits per heavy atom. The smallest absolute Gasteiger partial charge is 0.162 e. The number of nitrogen functional groups attached to an aromatic ring is 1. The van der Waals surface area contributed by atoms with Crippen molar-refractivity contribution in [3.8, 4) is 11.4 Å². The Morgan fingerprint density at radius 3 is 2.19 bits per heavy atom. The molecule has 0 spiro atoms. The zero-order valence-corrected chi connectivity index (χ0v) is 12.0. The minimum atomic E-state index is 0.599. The van der Waals surface area contributed by atoms with Gasteiger partial charge in [0.2, 0.25) is 0 Å². The molecule has 0 bridgehead atoms. The summed E-state index contributed by atoms with van der Waals surface area (Å²) in [4.78, 5) is 10.1. The van der Waals surface area contributed by atoms with E-state index in [4.69, 9.17) is 5.84 Å². The third-order valence-corrected chi connectivity index (χ3v) is 3.77. The van der Waals surface area contributed by atoms with Crippen LogP contribution in [-0.2, 0) is 0 Å². The van der Waals surface area contributed by atoms with Crippen molar-refractivity contribution < 1.29 is 0 Å². The summed E-state index contributed by atoms with van der Waals surface area (Å²) in [5.74, 6) is 6.77. The molecule has 4 nitrogen and oxygen atoms in total. The maximum atomic E-state index is 5.51. The van der Waals surface area contributed by atoms with E-state index in [9.17, 15) is 0 Å². The molecule has 3 N–H and O–H groups in total. The summed E-state index contributed by atoms with van der Waals surface area (Å²) < 4.78 is 0. The minimum absolute atomic E-state index is 0.599. The van der Waals surface area contributed by atoms with Gasteiger partial charge in [-0.2, -0.15) is 0 Å². The van der Waals surface area contributed by atoms with E-state index in [0.717, 1.165) is 15.5 Å². The van der Waals surface area contributed by atoms with Gasteiger partial charge in [-0.25, -0.2) is 15.8 Å². The summed E-state index contributed by atoms with van der Waals surface area (Å²) in [5.41, 5.74) is 3.56.